The SMILES string of the molecule is CC.Cc1ccc(NCCNc2ccc(C)cc2)cc1. The zero-order chi connectivity index (χ0) is 14.8. The summed E-state index contributed by atoms with van der Waals surface area (Å²) in [6.07, 6.45) is 0. The van der Waals surface area contributed by atoms with E-state index in [-0.39, 0.29) is 0 Å². The van der Waals surface area contributed by atoms with Crippen LogP contribution in [0.4, 0.5) is 11.4 Å². The van der Waals surface area contributed by atoms with Gasteiger partial charge in [0.1, 0.15) is 0 Å². The number of hydrogen-bond acceptors (Lipinski definition) is 2. The molecule has 0 aliphatic heterocycles. The number of nitrogens with one attached hydrogen (secondary N) is 2. The third-order valence-electron chi connectivity index (χ3n) is 2.89. The lowest BCUT2D eigenvalue weighted by Gasteiger charge is -2.09. The number of benzene rings is 2. The molecule has 0 atom stereocenters. The molecule has 2 aromatic carbocycles. The molecule has 0 radical (unpaired) electrons. The van der Waals surface area contributed by atoms with Crippen LogP contribution in [0, 0.1) is 13.8 Å². The molecule has 0 amide bonds. The Bertz CT molecular complexity index is 424. The lowest BCUT2D eigenvalue weighted by atomic mass is 10.2. The highest BCUT2D eigenvalue weighted by atomic mass is 14.9. The second kappa shape index (κ2) is 9.03. The lowest BCUT2D eigenvalue weighted by molar-refractivity contribution is 1.08. The molecular formula is C18H26N2. The van der Waals surface area contributed by atoms with Gasteiger partial charge in [-0.3, -0.25) is 0 Å². The van der Waals surface area contributed by atoms with E-state index in [4.69, 9.17) is 0 Å². The molecule has 108 valence electrons. The molecule has 0 saturated carbocycles. The van der Waals surface area contributed by atoms with Crippen molar-refractivity contribution in [2.75, 3.05) is 23.7 Å². The van der Waals surface area contributed by atoms with Crippen LogP contribution in [0.3, 0.4) is 0 Å². The lowest BCUT2D eigenvalue weighted by Crippen LogP contribution is -2.13. The van der Waals surface area contributed by atoms with Crippen molar-refractivity contribution in [2.24, 2.45) is 0 Å². The van der Waals surface area contributed by atoms with E-state index in [2.05, 4.69) is 73.0 Å². The first-order chi connectivity index (χ1) is 9.74. The van der Waals surface area contributed by atoms with Crippen molar-refractivity contribution >= 4 is 11.4 Å². The molecule has 2 nitrogen and oxygen atoms in total. The van der Waals surface area contributed by atoms with Crippen molar-refractivity contribution in [3.63, 3.8) is 0 Å². The van der Waals surface area contributed by atoms with Crippen LogP contribution < -0.4 is 10.6 Å². The van der Waals surface area contributed by atoms with Crippen LogP contribution in [0.25, 0.3) is 0 Å². The highest BCUT2D eigenvalue weighted by Gasteiger charge is 1.92. The first-order valence-corrected chi connectivity index (χ1v) is 7.35. The van der Waals surface area contributed by atoms with E-state index in [1.165, 1.54) is 22.5 Å². The largest absolute Gasteiger partial charge is 0.383 e. The minimum Gasteiger partial charge on any atom is -0.383 e. The molecule has 2 heteroatoms. The molecule has 0 fully saturated rings. The maximum atomic E-state index is 3.39. The highest BCUT2D eigenvalue weighted by Crippen LogP contribution is 2.09. The first kappa shape index (κ1) is 16.1. The van der Waals surface area contributed by atoms with Gasteiger partial charge >= 0.3 is 0 Å². The van der Waals surface area contributed by atoms with Crippen molar-refractivity contribution in [2.45, 2.75) is 27.7 Å². The fourth-order valence-electron chi connectivity index (χ4n) is 1.76. The van der Waals surface area contributed by atoms with Gasteiger partial charge in [0.2, 0.25) is 0 Å². The number of hydrogen-bond donors (Lipinski definition) is 2. The molecule has 20 heavy (non-hydrogen) atoms. The highest BCUT2D eigenvalue weighted by molar-refractivity contribution is 5.46. The summed E-state index contributed by atoms with van der Waals surface area (Å²) in [5, 5.41) is 6.78. The summed E-state index contributed by atoms with van der Waals surface area (Å²) >= 11 is 0. The monoisotopic (exact) mass is 270 g/mol. The van der Waals surface area contributed by atoms with Crippen LogP contribution in [-0.2, 0) is 0 Å². The van der Waals surface area contributed by atoms with E-state index in [0.717, 1.165) is 13.1 Å². The van der Waals surface area contributed by atoms with Gasteiger partial charge in [0, 0.05) is 24.5 Å². The zero-order valence-corrected chi connectivity index (χ0v) is 13.0. The molecule has 2 N–H and O–H groups in total. The normalized spacial score (nSPS) is 9.40. The molecule has 0 saturated heterocycles. The van der Waals surface area contributed by atoms with Gasteiger partial charge in [-0.15, -0.1) is 0 Å². The van der Waals surface area contributed by atoms with Crippen LogP contribution in [0.2, 0.25) is 0 Å². The van der Waals surface area contributed by atoms with Crippen molar-refractivity contribution in [3.05, 3.63) is 59.7 Å². The van der Waals surface area contributed by atoms with Crippen molar-refractivity contribution in [1.82, 2.24) is 0 Å². The van der Waals surface area contributed by atoms with Gasteiger partial charge in [0.25, 0.3) is 0 Å². The fraction of sp³-hybridized carbons (Fsp3) is 0.333. The molecule has 0 aromatic heterocycles. The third kappa shape index (κ3) is 5.79. The van der Waals surface area contributed by atoms with Gasteiger partial charge in [0.15, 0.2) is 0 Å². The minimum absolute atomic E-state index is 0.914. The molecular weight excluding hydrogens is 244 g/mol. The minimum atomic E-state index is 0.914. The average molecular weight is 270 g/mol. The second-order valence-corrected chi connectivity index (χ2v) is 4.59. The van der Waals surface area contributed by atoms with E-state index in [1.807, 2.05) is 13.8 Å². The quantitative estimate of drug-likeness (QED) is 0.759. The van der Waals surface area contributed by atoms with Crippen LogP contribution in [0.5, 0.6) is 0 Å². The van der Waals surface area contributed by atoms with Crippen LogP contribution in [0.15, 0.2) is 48.5 Å². The Kier molecular flexibility index (Phi) is 7.26. The van der Waals surface area contributed by atoms with E-state index in [0.29, 0.717) is 0 Å². The van der Waals surface area contributed by atoms with Gasteiger partial charge in [-0.25, -0.2) is 0 Å². The van der Waals surface area contributed by atoms with Gasteiger partial charge in [-0.1, -0.05) is 49.2 Å². The summed E-state index contributed by atoms with van der Waals surface area (Å²) in [5.74, 6) is 0. The van der Waals surface area contributed by atoms with Gasteiger partial charge in [0.05, 0.1) is 0 Å². The predicted octanol–water partition coefficient (Wildman–Crippen LogP) is 4.85. The Morgan fingerprint density at radius 1 is 0.600 bits per heavy atom. The summed E-state index contributed by atoms with van der Waals surface area (Å²) < 4.78 is 0. The summed E-state index contributed by atoms with van der Waals surface area (Å²) in [6, 6.07) is 16.9. The summed E-state index contributed by atoms with van der Waals surface area (Å²) in [6.45, 7) is 10.0. The Labute approximate surface area is 123 Å². The van der Waals surface area contributed by atoms with Crippen LogP contribution >= 0.6 is 0 Å². The molecule has 0 aliphatic rings. The Morgan fingerprint density at radius 2 is 0.900 bits per heavy atom. The van der Waals surface area contributed by atoms with E-state index < -0.39 is 0 Å². The summed E-state index contributed by atoms with van der Waals surface area (Å²) in [5.41, 5.74) is 4.93. The molecule has 0 spiro atoms. The summed E-state index contributed by atoms with van der Waals surface area (Å²) in [7, 11) is 0. The molecule has 2 aromatic rings. The van der Waals surface area contributed by atoms with Gasteiger partial charge in [-0.2, -0.15) is 0 Å². The van der Waals surface area contributed by atoms with E-state index in [9.17, 15) is 0 Å². The maximum Gasteiger partial charge on any atom is 0.0340 e. The number of rotatable bonds is 5. The fourth-order valence-corrected chi connectivity index (χ4v) is 1.76. The Balaban J connectivity index is 0.000000956. The standard InChI is InChI=1S/C16H20N2.C2H6/c1-13-3-7-15(8-4-13)17-11-12-18-16-9-5-14(2)6-10-16;1-2/h3-10,17-18H,11-12H2,1-2H3;1-2H3. The van der Waals surface area contributed by atoms with Gasteiger partial charge < -0.3 is 10.6 Å². The van der Waals surface area contributed by atoms with Crippen molar-refractivity contribution in [1.29, 1.82) is 0 Å². The zero-order valence-electron chi connectivity index (χ0n) is 13.0. The van der Waals surface area contributed by atoms with Gasteiger partial charge in [-0.05, 0) is 38.1 Å². The Morgan fingerprint density at radius 3 is 1.20 bits per heavy atom. The average Bonchev–Trinajstić information content (AvgIpc) is 2.49. The smallest absolute Gasteiger partial charge is 0.0340 e. The van der Waals surface area contributed by atoms with Crippen molar-refractivity contribution < 1.29 is 0 Å². The van der Waals surface area contributed by atoms with E-state index >= 15 is 0 Å². The molecule has 0 unspecified atom stereocenters. The second-order valence-electron chi connectivity index (χ2n) is 4.59. The number of anilines is 2. The topological polar surface area (TPSA) is 24.1 Å². The molecule has 2 rings (SSSR count). The Hall–Kier alpha value is -1.96. The van der Waals surface area contributed by atoms with Crippen LogP contribution in [-0.4, -0.2) is 13.1 Å². The number of aryl methyl sites for hydroxylation is 2. The van der Waals surface area contributed by atoms with Crippen LogP contribution in [0.1, 0.15) is 25.0 Å². The third-order valence-corrected chi connectivity index (χ3v) is 2.89. The van der Waals surface area contributed by atoms with E-state index in [1.54, 1.807) is 0 Å². The van der Waals surface area contributed by atoms with Crippen molar-refractivity contribution in [3.8, 4) is 0 Å². The predicted molar refractivity (Wildman–Crippen MR) is 90.7 cm³/mol. The summed E-state index contributed by atoms with van der Waals surface area (Å²) in [4.78, 5) is 0. The maximum absolute atomic E-state index is 3.39. The molecule has 0 bridgehead atoms. The molecule has 0 aliphatic carbocycles. The first-order valence-electron chi connectivity index (χ1n) is 7.35. The molecule has 0 heterocycles.